The van der Waals surface area contributed by atoms with Gasteiger partial charge in [-0.1, -0.05) is 6.92 Å². The number of hydrogen-bond acceptors (Lipinski definition) is 4. The number of nitrogens with one attached hydrogen (secondary N) is 2. The molecule has 0 spiro atoms. The van der Waals surface area contributed by atoms with Crippen LogP contribution in [0.25, 0.3) is 0 Å². The van der Waals surface area contributed by atoms with E-state index in [1.54, 1.807) is 12.3 Å². The van der Waals surface area contributed by atoms with Crippen LogP contribution in [0.1, 0.15) is 30.1 Å². The molecule has 0 saturated carbocycles. The first-order valence-corrected chi connectivity index (χ1v) is 7.37. The normalized spacial score (nSPS) is 16.9. The van der Waals surface area contributed by atoms with Crippen molar-refractivity contribution in [2.75, 3.05) is 38.5 Å². The highest BCUT2D eigenvalue weighted by Crippen LogP contribution is 2.16. The fourth-order valence-electron chi connectivity index (χ4n) is 2.52. The number of carbonyl (C=O) groups excluding carboxylic acids is 1. The van der Waals surface area contributed by atoms with Gasteiger partial charge >= 0.3 is 0 Å². The predicted molar refractivity (Wildman–Crippen MR) is 81.0 cm³/mol. The topological polar surface area (TPSA) is 57.3 Å². The number of anilines is 1. The van der Waals surface area contributed by atoms with Crippen LogP contribution in [0.2, 0.25) is 0 Å². The summed E-state index contributed by atoms with van der Waals surface area (Å²) in [7, 11) is 1.81. The molecule has 1 aliphatic heterocycles. The molecule has 2 rings (SSSR count). The molecule has 1 aromatic rings. The predicted octanol–water partition coefficient (Wildman–Crippen LogP) is 1.58. The minimum atomic E-state index is -0.0296. The second kappa shape index (κ2) is 7.24. The fraction of sp³-hybridized carbons (Fsp3) is 0.600. The molecular weight excluding hydrogens is 252 g/mol. The Hall–Kier alpha value is -1.62. The molecule has 0 bridgehead atoms. The lowest BCUT2D eigenvalue weighted by Crippen LogP contribution is -2.38. The highest BCUT2D eigenvalue weighted by molar-refractivity contribution is 5.94. The maximum atomic E-state index is 12.0. The molecule has 2 heterocycles. The summed E-state index contributed by atoms with van der Waals surface area (Å²) in [5.74, 6) is 1.35. The lowest BCUT2D eigenvalue weighted by atomic mass is 9.97. The highest BCUT2D eigenvalue weighted by Gasteiger charge is 2.18. The number of pyridine rings is 1. The molecule has 0 aliphatic carbocycles. The summed E-state index contributed by atoms with van der Waals surface area (Å²) in [4.78, 5) is 18.6. The number of carbonyl (C=O) groups is 1. The largest absolute Gasteiger partial charge is 0.373 e. The summed E-state index contributed by atoms with van der Waals surface area (Å²) in [5.41, 5.74) is 0.620. The van der Waals surface area contributed by atoms with Crippen LogP contribution in [-0.2, 0) is 0 Å². The van der Waals surface area contributed by atoms with Crippen molar-refractivity contribution < 1.29 is 4.79 Å². The van der Waals surface area contributed by atoms with Gasteiger partial charge in [-0.15, -0.1) is 0 Å². The van der Waals surface area contributed by atoms with Gasteiger partial charge in [-0.25, -0.2) is 4.98 Å². The zero-order valence-electron chi connectivity index (χ0n) is 12.4. The molecule has 1 amide bonds. The lowest BCUT2D eigenvalue weighted by Gasteiger charge is -2.31. The van der Waals surface area contributed by atoms with Crippen LogP contribution in [0, 0.1) is 5.92 Å². The van der Waals surface area contributed by atoms with Gasteiger partial charge in [0.1, 0.15) is 5.82 Å². The van der Waals surface area contributed by atoms with Crippen LogP contribution >= 0.6 is 0 Å². The summed E-state index contributed by atoms with van der Waals surface area (Å²) < 4.78 is 0. The smallest absolute Gasteiger partial charge is 0.252 e. The highest BCUT2D eigenvalue weighted by atomic mass is 16.1. The van der Waals surface area contributed by atoms with Crippen LogP contribution in [0.3, 0.4) is 0 Å². The average Bonchev–Trinajstić information content (AvgIpc) is 2.53. The number of piperidine rings is 1. The van der Waals surface area contributed by atoms with Gasteiger partial charge in [-0.2, -0.15) is 0 Å². The van der Waals surface area contributed by atoms with Crippen LogP contribution in [-0.4, -0.2) is 49.0 Å². The van der Waals surface area contributed by atoms with Crippen molar-refractivity contribution in [3.05, 3.63) is 23.9 Å². The van der Waals surface area contributed by atoms with E-state index < -0.39 is 0 Å². The van der Waals surface area contributed by atoms with Crippen molar-refractivity contribution in [1.82, 2.24) is 15.2 Å². The van der Waals surface area contributed by atoms with Gasteiger partial charge in [0, 0.05) is 19.8 Å². The Balaban J connectivity index is 1.77. The SMILES string of the molecule is CCN1CCC(CNC(=O)c2ccc(NC)nc2)CC1. The Morgan fingerprint density at radius 2 is 2.15 bits per heavy atom. The van der Waals surface area contributed by atoms with Gasteiger partial charge in [-0.3, -0.25) is 4.79 Å². The number of rotatable bonds is 5. The molecule has 1 aliphatic rings. The third-order valence-corrected chi connectivity index (χ3v) is 3.99. The van der Waals surface area contributed by atoms with E-state index in [0.717, 1.165) is 32.0 Å². The zero-order chi connectivity index (χ0) is 14.4. The Kier molecular flexibility index (Phi) is 5.35. The molecule has 1 saturated heterocycles. The molecule has 5 heteroatoms. The molecule has 0 aromatic carbocycles. The van der Waals surface area contributed by atoms with Crippen molar-refractivity contribution >= 4 is 11.7 Å². The third kappa shape index (κ3) is 3.93. The van der Waals surface area contributed by atoms with Gasteiger partial charge in [-0.05, 0) is 50.5 Å². The van der Waals surface area contributed by atoms with E-state index in [9.17, 15) is 4.79 Å². The number of aromatic nitrogens is 1. The van der Waals surface area contributed by atoms with Gasteiger partial charge < -0.3 is 15.5 Å². The van der Waals surface area contributed by atoms with E-state index in [4.69, 9.17) is 0 Å². The number of likely N-dealkylation sites (tertiary alicyclic amines) is 1. The van der Waals surface area contributed by atoms with Crippen molar-refractivity contribution in [1.29, 1.82) is 0 Å². The molecule has 0 unspecified atom stereocenters. The summed E-state index contributed by atoms with van der Waals surface area (Å²) >= 11 is 0. The molecule has 110 valence electrons. The number of nitrogens with zero attached hydrogens (tertiary/aromatic N) is 2. The molecule has 1 aromatic heterocycles. The van der Waals surface area contributed by atoms with Gasteiger partial charge in [0.25, 0.3) is 5.91 Å². The van der Waals surface area contributed by atoms with E-state index in [1.165, 1.54) is 12.8 Å². The minimum absolute atomic E-state index is 0.0296. The molecule has 0 radical (unpaired) electrons. The van der Waals surface area contributed by atoms with E-state index in [1.807, 2.05) is 13.1 Å². The average molecular weight is 276 g/mol. The van der Waals surface area contributed by atoms with Gasteiger partial charge in [0.05, 0.1) is 5.56 Å². The summed E-state index contributed by atoms with van der Waals surface area (Å²) in [5, 5.41) is 5.96. The summed E-state index contributed by atoms with van der Waals surface area (Å²) in [6.45, 7) is 6.39. The van der Waals surface area contributed by atoms with E-state index in [-0.39, 0.29) is 5.91 Å². The van der Waals surface area contributed by atoms with Crippen LogP contribution in [0.5, 0.6) is 0 Å². The summed E-state index contributed by atoms with van der Waals surface area (Å²) in [6.07, 6.45) is 3.96. The van der Waals surface area contributed by atoms with Crippen LogP contribution in [0.4, 0.5) is 5.82 Å². The van der Waals surface area contributed by atoms with E-state index >= 15 is 0 Å². The van der Waals surface area contributed by atoms with Gasteiger partial charge in [0.15, 0.2) is 0 Å². The number of amides is 1. The quantitative estimate of drug-likeness (QED) is 0.857. The standard InChI is InChI=1S/C15H24N4O/c1-3-19-8-6-12(7-9-19)10-18-15(20)13-4-5-14(16-2)17-11-13/h4-5,11-12H,3,6-10H2,1-2H3,(H,16,17)(H,18,20). The second-order valence-corrected chi connectivity index (χ2v) is 5.27. The second-order valence-electron chi connectivity index (χ2n) is 5.27. The Morgan fingerprint density at radius 1 is 1.40 bits per heavy atom. The fourth-order valence-corrected chi connectivity index (χ4v) is 2.52. The number of hydrogen-bond donors (Lipinski definition) is 2. The third-order valence-electron chi connectivity index (χ3n) is 3.99. The lowest BCUT2D eigenvalue weighted by molar-refractivity contribution is 0.0936. The maximum Gasteiger partial charge on any atom is 0.252 e. The van der Waals surface area contributed by atoms with Crippen molar-refractivity contribution in [3.63, 3.8) is 0 Å². The Labute approximate surface area is 120 Å². The molecule has 1 fully saturated rings. The maximum absolute atomic E-state index is 12.0. The molecule has 5 nitrogen and oxygen atoms in total. The van der Waals surface area contributed by atoms with E-state index in [2.05, 4.69) is 27.4 Å². The van der Waals surface area contributed by atoms with Crippen LogP contribution in [0.15, 0.2) is 18.3 Å². The van der Waals surface area contributed by atoms with Crippen molar-refractivity contribution in [2.45, 2.75) is 19.8 Å². The summed E-state index contributed by atoms with van der Waals surface area (Å²) in [6, 6.07) is 3.61. The molecule has 0 atom stereocenters. The van der Waals surface area contributed by atoms with Crippen molar-refractivity contribution in [2.24, 2.45) is 5.92 Å². The molecule has 20 heavy (non-hydrogen) atoms. The molecule has 2 N–H and O–H groups in total. The first kappa shape index (κ1) is 14.8. The van der Waals surface area contributed by atoms with Crippen molar-refractivity contribution in [3.8, 4) is 0 Å². The zero-order valence-corrected chi connectivity index (χ0v) is 12.4. The first-order chi connectivity index (χ1) is 9.72. The monoisotopic (exact) mass is 276 g/mol. The molecular formula is C15H24N4O. The Morgan fingerprint density at radius 3 is 2.70 bits per heavy atom. The van der Waals surface area contributed by atoms with E-state index in [0.29, 0.717) is 11.5 Å². The van der Waals surface area contributed by atoms with Crippen LogP contribution < -0.4 is 10.6 Å². The van der Waals surface area contributed by atoms with Gasteiger partial charge in [0.2, 0.25) is 0 Å². The minimum Gasteiger partial charge on any atom is -0.373 e. The first-order valence-electron chi connectivity index (χ1n) is 7.37. The Bertz CT molecular complexity index is 424.